The first-order chi connectivity index (χ1) is 7.27. The van der Waals surface area contributed by atoms with Gasteiger partial charge in [-0.3, -0.25) is 4.90 Å². The average molecular weight is 241 g/mol. The van der Waals surface area contributed by atoms with Crippen LogP contribution < -0.4 is 5.32 Å². The second-order valence-electron chi connectivity index (χ2n) is 4.44. The Kier molecular flexibility index (Phi) is 5.26. The molecule has 1 fully saturated rings. The minimum atomic E-state index is 0. The molecule has 1 aliphatic heterocycles. The minimum Gasteiger partial charge on any atom is -0.311 e. The fourth-order valence-corrected chi connectivity index (χ4v) is 2.17. The molecule has 2 nitrogen and oxygen atoms in total. The normalized spacial score (nSPS) is 26.1. The van der Waals surface area contributed by atoms with Crippen LogP contribution in [-0.2, 0) is 6.54 Å². The molecule has 0 spiro atoms. The molecule has 90 valence electrons. The Balaban J connectivity index is 0.00000128. The van der Waals surface area contributed by atoms with Crippen LogP contribution in [0.15, 0.2) is 30.3 Å². The SMILES string of the molecule is CC1NCCN(Cc2ccccc2)C1C.Cl. The molecule has 1 aromatic rings. The topological polar surface area (TPSA) is 15.3 Å². The van der Waals surface area contributed by atoms with Crippen LogP contribution in [0, 0.1) is 0 Å². The summed E-state index contributed by atoms with van der Waals surface area (Å²) in [5.74, 6) is 0. The molecule has 0 aromatic heterocycles. The Morgan fingerprint density at radius 3 is 2.62 bits per heavy atom. The molecule has 0 bridgehead atoms. The van der Waals surface area contributed by atoms with Crippen LogP contribution in [0.3, 0.4) is 0 Å². The van der Waals surface area contributed by atoms with Gasteiger partial charge in [0.1, 0.15) is 0 Å². The third kappa shape index (κ3) is 3.21. The fraction of sp³-hybridized carbons (Fsp3) is 0.538. The number of benzene rings is 1. The van der Waals surface area contributed by atoms with E-state index < -0.39 is 0 Å². The molecule has 2 unspecified atom stereocenters. The zero-order valence-corrected chi connectivity index (χ0v) is 10.8. The summed E-state index contributed by atoms with van der Waals surface area (Å²) in [6.45, 7) is 7.91. The number of nitrogens with zero attached hydrogens (tertiary/aromatic N) is 1. The summed E-state index contributed by atoms with van der Waals surface area (Å²) in [4.78, 5) is 2.55. The maximum Gasteiger partial charge on any atom is 0.0237 e. The van der Waals surface area contributed by atoms with E-state index in [0.717, 1.165) is 19.6 Å². The van der Waals surface area contributed by atoms with Gasteiger partial charge in [0, 0.05) is 31.7 Å². The molecule has 0 amide bonds. The van der Waals surface area contributed by atoms with Crippen LogP contribution in [0.2, 0.25) is 0 Å². The summed E-state index contributed by atoms with van der Waals surface area (Å²) in [5.41, 5.74) is 1.42. The molecule has 0 radical (unpaired) electrons. The third-order valence-electron chi connectivity index (χ3n) is 3.39. The Morgan fingerprint density at radius 2 is 1.94 bits per heavy atom. The van der Waals surface area contributed by atoms with Crippen molar-refractivity contribution in [3.8, 4) is 0 Å². The van der Waals surface area contributed by atoms with Gasteiger partial charge < -0.3 is 5.32 Å². The zero-order valence-electron chi connectivity index (χ0n) is 10.0. The van der Waals surface area contributed by atoms with Gasteiger partial charge in [0.15, 0.2) is 0 Å². The molecule has 1 heterocycles. The molecular weight excluding hydrogens is 220 g/mol. The summed E-state index contributed by atoms with van der Waals surface area (Å²) in [6, 6.07) is 11.9. The van der Waals surface area contributed by atoms with Crippen molar-refractivity contribution in [2.75, 3.05) is 13.1 Å². The van der Waals surface area contributed by atoms with Gasteiger partial charge in [-0.15, -0.1) is 12.4 Å². The average Bonchev–Trinajstić information content (AvgIpc) is 2.26. The molecule has 2 rings (SSSR count). The zero-order chi connectivity index (χ0) is 10.7. The van der Waals surface area contributed by atoms with E-state index in [-0.39, 0.29) is 12.4 Å². The van der Waals surface area contributed by atoms with E-state index in [1.54, 1.807) is 0 Å². The van der Waals surface area contributed by atoms with Gasteiger partial charge in [-0.1, -0.05) is 30.3 Å². The van der Waals surface area contributed by atoms with E-state index in [0.29, 0.717) is 12.1 Å². The van der Waals surface area contributed by atoms with E-state index in [4.69, 9.17) is 0 Å². The molecule has 2 atom stereocenters. The Labute approximate surface area is 104 Å². The highest BCUT2D eigenvalue weighted by Gasteiger charge is 2.23. The van der Waals surface area contributed by atoms with Crippen molar-refractivity contribution in [1.82, 2.24) is 10.2 Å². The number of halogens is 1. The lowest BCUT2D eigenvalue weighted by Gasteiger charge is -2.38. The lowest BCUT2D eigenvalue weighted by atomic mass is 10.1. The monoisotopic (exact) mass is 240 g/mol. The Bertz CT molecular complexity index is 302. The van der Waals surface area contributed by atoms with Gasteiger partial charge in [0.25, 0.3) is 0 Å². The van der Waals surface area contributed by atoms with Crippen molar-refractivity contribution in [2.45, 2.75) is 32.5 Å². The highest BCUT2D eigenvalue weighted by Crippen LogP contribution is 2.13. The quantitative estimate of drug-likeness (QED) is 0.854. The van der Waals surface area contributed by atoms with Gasteiger partial charge >= 0.3 is 0 Å². The standard InChI is InChI=1S/C13H20N2.ClH/c1-11-12(2)15(9-8-14-11)10-13-6-4-3-5-7-13;/h3-7,11-12,14H,8-10H2,1-2H3;1H. The van der Waals surface area contributed by atoms with Crippen LogP contribution in [0.25, 0.3) is 0 Å². The summed E-state index contributed by atoms with van der Waals surface area (Å²) in [5, 5.41) is 3.51. The van der Waals surface area contributed by atoms with Crippen LogP contribution in [0.4, 0.5) is 0 Å². The highest BCUT2D eigenvalue weighted by atomic mass is 35.5. The second-order valence-corrected chi connectivity index (χ2v) is 4.44. The summed E-state index contributed by atoms with van der Waals surface area (Å²) in [7, 11) is 0. The first kappa shape index (κ1) is 13.5. The van der Waals surface area contributed by atoms with E-state index >= 15 is 0 Å². The lowest BCUT2D eigenvalue weighted by Crippen LogP contribution is -2.54. The smallest absolute Gasteiger partial charge is 0.0237 e. The fourth-order valence-electron chi connectivity index (χ4n) is 2.17. The Morgan fingerprint density at radius 1 is 1.25 bits per heavy atom. The van der Waals surface area contributed by atoms with E-state index in [9.17, 15) is 0 Å². The highest BCUT2D eigenvalue weighted by molar-refractivity contribution is 5.85. The summed E-state index contributed by atoms with van der Waals surface area (Å²) < 4.78 is 0. The van der Waals surface area contributed by atoms with Crippen molar-refractivity contribution in [2.24, 2.45) is 0 Å². The molecule has 1 aliphatic rings. The molecule has 1 saturated heterocycles. The molecule has 0 saturated carbocycles. The molecule has 1 aromatic carbocycles. The molecule has 3 heteroatoms. The third-order valence-corrected chi connectivity index (χ3v) is 3.39. The number of hydrogen-bond acceptors (Lipinski definition) is 2. The van der Waals surface area contributed by atoms with Gasteiger partial charge in [-0.2, -0.15) is 0 Å². The number of hydrogen-bond donors (Lipinski definition) is 1. The predicted molar refractivity (Wildman–Crippen MR) is 71.0 cm³/mol. The minimum absolute atomic E-state index is 0. The van der Waals surface area contributed by atoms with Crippen LogP contribution in [0.5, 0.6) is 0 Å². The second kappa shape index (κ2) is 6.24. The van der Waals surface area contributed by atoms with Crippen LogP contribution >= 0.6 is 12.4 Å². The number of piperazine rings is 1. The van der Waals surface area contributed by atoms with Gasteiger partial charge in [0.05, 0.1) is 0 Å². The molecule has 1 N–H and O–H groups in total. The Hall–Kier alpha value is -0.570. The number of nitrogens with one attached hydrogen (secondary N) is 1. The lowest BCUT2D eigenvalue weighted by molar-refractivity contribution is 0.131. The largest absolute Gasteiger partial charge is 0.311 e. The van der Waals surface area contributed by atoms with E-state index in [2.05, 4.69) is 54.4 Å². The van der Waals surface area contributed by atoms with Crippen molar-refractivity contribution in [1.29, 1.82) is 0 Å². The molecule has 16 heavy (non-hydrogen) atoms. The molecule has 0 aliphatic carbocycles. The maximum atomic E-state index is 3.51. The van der Waals surface area contributed by atoms with Gasteiger partial charge in [0.2, 0.25) is 0 Å². The van der Waals surface area contributed by atoms with Crippen LogP contribution in [-0.4, -0.2) is 30.1 Å². The van der Waals surface area contributed by atoms with Crippen molar-refractivity contribution < 1.29 is 0 Å². The van der Waals surface area contributed by atoms with Gasteiger partial charge in [-0.25, -0.2) is 0 Å². The van der Waals surface area contributed by atoms with E-state index in [1.807, 2.05) is 0 Å². The number of rotatable bonds is 2. The summed E-state index contributed by atoms with van der Waals surface area (Å²) in [6.07, 6.45) is 0. The van der Waals surface area contributed by atoms with Crippen molar-refractivity contribution >= 4 is 12.4 Å². The first-order valence-corrected chi connectivity index (χ1v) is 5.79. The van der Waals surface area contributed by atoms with Crippen molar-refractivity contribution in [3.63, 3.8) is 0 Å². The van der Waals surface area contributed by atoms with Crippen LogP contribution in [0.1, 0.15) is 19.4 Å². The maximum absolute atomic E-state index is 3.51. The van der Waals surface area contributed by atoms with Gasteiger partial charge in [-0.05, 0) is 19.4 Å². The van der Waals surface area contributed by atoms with E-state index in [1.165, 1.54) is 5.56 Å². The predicted octanol–water partition coefficient (Wildman–Crippen LogP) is 2.29. The molecular formula is C13H21ClN2. The van der Waals surface area contributed by atoms with Crippen molar-refractivity contribution in [3.05, 3.63) is 35.9 Å². The summed E-state index contributed by atoms with van der Waals surface area (Å²) >= 11 is 0. The first-order valence-electron chi connectivity index (χ1n) is 5.79.